The number of para-hydroxylation sites is 3. The second-order valence-corrected chi connectivity index (χ2v) is 15.5. The molecule has 0 fully saturated rings. The normalized spacial score (nSPS) is 11.6. The molecule has 0 aliphatic carbocycles. The van der Waals surface area contributed by atoms with E-state index in [9.17, 15) is 5.11 Å². The molecule has 58 heavy (non-hydrogen) atoms. The number of aromatic nitrogens is 3. The third-order valence-corrected chi connectivity index (χ3v) is 10.8. The summed E-state index contributed by atoms with van der Waals surface area (Å²) in [6, 6.07) is 59.6. The van der Waals surface area contributed by atoms with E-state index >= 15 is 0 Å². The van der Waals surface area contributed by atoms with Crippen molar-refractivity contribution >= 4 is 33.0 Å². The third kappa shape index (κ3) is 6.52. The minimum absolute atomic E-state index is 0. The van der Waals surface area contributed by atoms with Gasteiger partial charge in [-0.2, -0.15) is 0 Å². The summed E-state index contributed by atoms with van der Waals surface area (Å²) in [6.45, 7) is 6.69. The van der Waals surface area contributed by atoms with Gasteiger partial charge < -0.3 is 9.52 Å². The van der Waals surface area contributed by atoms with Crippen LogP contribution in [0.4, 0.5) is 0 Å². The average molecular weight is 932 g/mol. The van der Waals surface area contributed by atoms with Crippen LogP contribution in [0.2, 0.25) is 0 Å². The molecule has 1 N–H and O–H groups in total. The zero-order valence-electron chi connectivity index (χ0n) is 32.2. The van der Waals surface area contributed by atoms with E-state index in [0.717, 1.165) is 72.2 Å². The van der Waals surface area contributed by atoms with Crippen LogP contribution in [0, 0.1) is 6.07 Å². The Morgan fingerprint density at radius 3 is 2.05 bits per heavy atom. The number of fused-ring (bicyclic) bond motifs is 4. The molecule has 0 aliphatic heterocycles. The smallest absolute Gasteiger partial charge is 0.152 e. The molecule has 0 spiro atoms. The van der Waals surface area contributed by atoms with Gasteiger partial charge in [0.2, 0.25) is 0 Å². The van der Waals surface area contributed by atoms with E-state index in [1.165, 1.54) is 11.1 Å². The zero-order valence-corrected chi connectivity index (χ0v) is 34.5. The molecular formula is C52H38N3O2Pt-. The van der Waals surface area contributed by atoms with Crippen molar-refractivity contribution in [2.45, 2.75) is 26.2 Å². The first-order valence-corrected chi connectivity index (χ1v) is 19.2. The largest absolute Gasteiger partial charge is 0.507 e. The standard InChI is InChI=1S/C52H38N3O2.Pt/c1-52(2,3)39-30-37(29-38(31-39)44-32-36(27-28-53-44)35-23-21-34(22-24-35)33-13-6-4-7-14-33)41-18-12-19-45-49(41)54-51(55(45)40-15-8-5-9-16-40)48-46(56)26-25-43-42-17-10-11-20-47(42)57-50(43)48;/h4-28,30-32,56H,1-3H3;/q-1;. The molecule has 0 saturated carbocycles. The van der Waals surface area contributed by atoms with Gasteiger partial charge in [-0.3, -0.25) is 9.55 Å². The van der Waals surface area contributed by atoms with Crippen molar-refractivity contribution in [3.05, 3.63) is 182 Å². The van der Waals surface area contributed by atoms with Gasteiger partial charge in [0.15, 0.2) is 5.82 Å². The van der Waals surface area contributed by atoms with Gasteiger partial charge >= 0.3 is 0 Å². The summed E-state index contributed by atoms with van der Waals surface area (Å²) in [5.74, 6) is 0.686. The molecule has 3 aromatic heterocycles. The van der Waals surface area contributed by atoms with E-state index in [1.807, 2.05) is 60.8 Å². The Bertz CT molecular complexity index is 3110. The van der Waals surface area contributed by atoms with Crippen molar-refractivity contribution < 1.29 is 30.6 Å². The predicted octanol–water partition coefficient (Wildman–Crippen LogP) is 13.5. The quantitative estimate of drug-likeness (QED) is 0.169. The fraction of sp³-hybridized carbons (Fsp3) is 0.0769. The number of furan rings is 1. The first-order valence-electron chi connectivity index (χ1n) is 19.2. The molecule has 284 valence electrons. The van der Waals surface area contributed by atoms with Crippen LogP contribution >= 0.6 is 0 Å². The van der Waals surface area contributed by atoms with Crippen molar-refractivity contribution in [3.8, 4) is 67.5 Å². The number of phenolic OH excluding ortho intramolecular Hbond substituents is 1. The zero-order chi connectivity index (χ0) is 38.7. The summed E-state index contributed by atoms with van der Waals surface area (Å²) in [6.07, 6.45) is 1.88. The van der Waals surface area contributed by atoms with Gasteiger partial charge in [0.1, 0.15) is 22.5 Å². The maximum absolute atomic E-state index is 11.6. The van der Waals surface area contributed by atoms with E-state index in [1.54, 1.807) is 6.07 Å². The summed E-state index contributed by atoms with van der Waals surface area (Å²) < 4.78 is 8.59. The molecule has 5 nitrogen and oxygen atoms in total. The van der Waals surface area contributed by atoms with Crippen LogP contribution in [0.1, 0.15) is 26.3 Å². The Kier molecular flexibility index (Phi) is 9.42. The molecule has 10 rings (SSSR count). The van der Waals surface area contributed by atoms with E-state index in [2.05, 4.69) is 135 Å². The van der Waals surface area contributed by atoms with Crippen LogP contribution < -0.4 is 0 Å². The molecule has 7 aromatic carbocycles. The number of aromatic hydroxyl groups is 1. The Hall–Kier alpha value is -6.55. The van der Waals surface area contributed by atoms with Gasteiger partial charge in [-0.1, -0.05) is 141 Å². The number of pyridine rings is 1. The maximum Gasteiger partial charge on any atom is 0.152 e. The number of imidazole rings is 1. The Morgan fingerprint density at radius 2 is 1.29 bits per heavy atom. The number of hydrogen-bond acceptors (Lipinski definition) is 4. The van der Waals surface area contributed by atoms with E-state index in [-0.39, 0.29) is 32.2 Å². The van der Waals surface area contributed by atoms with Gasteiger partial charge in [0.05, 0.1) is 11.0 Å². The van der Waals surface area contributed by atoms with Crippen molar-refractivity contribution in [3.63, 3.8) is 0 Å². The van der Waals surface area contributed by atoms with Crippen LogP contribution in [-0.2, 0) is 26.5 Å². The first kappa shape index (κ1) is 37.0. The SMILES string of the molecule is CC(C)(C)c1cc(-c2cc(-c3ccc(-c4ccccc4)cc3)ccn2)[c-]c(-c2cccc3c2nc(-c2c(O)ccc4c2oc2ccccc24)n3-c2ccccc2)c1.[Pt]. The summed E-state index contributed by atoms with van der Waals surface area (Å²) in [5, 5.41) is 13.5. The number of rotatable bonds is 6. The Balaban J connectivity index is 0.00000436. The van der Waals surface area contributed by atoms with Crippen molar-refractivity contribution in [1.82, 2.24) is 14.5 Å². The second kappa shape index (κ2) is 14.8. The Morgan fingerprint density at radius 1 is 0.621 bits per heavy atom. The van der Waals surface area contributed by atoms with E-state index in [0.29, 0.717) is 17.0 Å². The summed E-state index contributed by atoms with van der Waals surface area (Å²) in [7, 11) is 0. The summed E-state index contributed by atoms with van der Waals surface area (Å²) in [4.78, 5) is 10.3. The Labute approximate surface area is 351 Å². The van der Waals surface area contributed by atoms with Crippen molar-refractivity contribution in [1.29, 1.82) is 0 Å². The van der Waals surface area contributed by atoms with Gasteiger partial charge in [0, 0.05) is 49.4 Å². The molecule has 0 unspecified atom stereocenters. The molecule has 0 atom stereocenters. The first-order chi connectivity index (χ1) is 27.8. The second-order valence-electron chi connectivity index (χ2n) is 15.5. The van der Waals surface area contributed by atoms with E-state index in [4.69, 9.17) is 14.4 Å². The average Bonchev–Trinajstić information content (AvgIpc) is 3.82. The number of phenols is 1. The fourth-order valence-electron chi connectivity index (χ4n) is 7.85. The minimum Gasteiger partial charge on any atom is -0.507 e. The fourth-order valence-corrected chi connectivity index (χ4v) is 7.85. The molecule has 0 amide bonds. The molecule has 0 radical (unpaired) electrons. The van der Waals surface area contributed by atoms with E-state index < -0.39 is 0 Å². The number of benzene rings is 7. The molecule has 6 heteroatoms. The molecule has 3 heterocycles. The van der Waals surface area contributed by atoms with Gasteiger partial charge in [-0.25, -0.2) is 4.98 Å². The predicted molar refractivity (Wildman–Crippen MR) is 233 cm³/mol. The topological polar surface area (TPSA) is 64.1 Å². The monoisotopic (exact) mass is 931 g/mol. The van der Waals surface area contributed by atoms with Crippen molar-refractivity contribution in [2.75, 3.05) is 0 Å². The van der Waals surface area contributed by atoms with Crippen LogP contribution in [0.5, 0.6) is 5.75 Å². The van der Waals surface area contributed by atoms with Gasteiger partial charge in [-0.05, 0) is 70.1 Å². The molecular weight excluding hydrogens is 894 g/mol. The van der Waals surface area contributed by atoms with Crippen LogP contribution in [0.15, 0.2) is 174 Å². The summed E-state index contributed by atoms with van der Waals surface area (Å²) in [5.41, 5.74) is 13.7. The van der Waals surface area contributed by atoms with Crippen LogP contribution in [-0.4, -0.2) is 19.6 Å². The van der Waals surface area contributed by atoms with Crippen LogP contribution in [0.3, 0.4) is 0 Å². The maximum atomic E-state index is 11.6. The van der Waals surface area contributed by atoms with Gasteiger partial charge in [-0.15, -0.1) is 29.3 Å². The van der Waals surface area contributed by atoms with Crippen LogP contribution in [0.25, 0.3) is 94.7 Å². The number of nitrogens with zero attached hydrogens (tertiary/aromatic N) is 3. The number of hydrogen-bond donors (Lipinski definition) is 1. The molecule has 0 bridgehead atoms. The molecule has 0 saturated heterocycles. The molecule has 10 aromatic rings. The molecule has 0 aliphatic rings. The summed E-state index contributed by atoms with van der Waals surface area (Å²) >= 11 is 0. The van der Waals surface area contributed by atoms with Gasteiger partial charge in [0.25, 0.3) is 0 Å². The van der Waals surface area contributed by atoms with Crippen molar-refractivity contribution in [2.24, 2.45) is 0 Å². The minimum atomic E-state index is -0.158. The third-order valence-electron chi connectivity index (χ3n) is 10.8.